The molecule has 1 atom stereocenters. The molecular weight excluding hydrogens is 110 g/mol. The van der Waals surface area contributed by atoms with Crippen molar-refractivity contribution in [1.29, 1.82) is 0 Å². The molecule has 9 heavy (non-hydrogen) atoms. The number of nitrogens with zero attached hydrogens (tertiary/aromatic N) is 1. The molecular formula is C8H11N. The highest BCUT2D eigenvalue weighted by atomic mass is 15.1. The third-order valence-electron chi connectivity index (χ3n) is 1.95. The Labute approximate surface area is 55.7 Å². The second-order valence-electron chi connectivity index (χ2n) is 2.71. The van der Waals surface area contributed by atoms with E-state index in [1.807, 2.05) is 0 Å². The molecule has 0 aromatic rings. The zero-order chi connectivity index (χ0) is 6.10. The Morgan fingerprint density at radius 2 is 2.44 bits per heavy atom. The van der Waals surface area contributed by atoms with E-state index in [2.05, 4.69) is 23.1 Å². The molecule has 0 N–H and O–H groups in total. The third-order valence-corrected chi connectivity index (χ3v) is 1.95. The molecule has 1 unspecified atom stereocenters. The molecule has 0 amide bonds. The molecule has 48 valence electrons. The number of hydrogen-bond acceptors (Lipinski definition) is 1. The molecule has 2 heterocycles. The lowest BCUT2D eigenvalue weighted by atomic mass is 10.1. The maximum absolute atomic E-state index is 2.47. The van der Waals surface area contributed by atoms with Gasteiger partial charge in [-0.3, -0.25) is 4.90 Å². The van der Waals surface area contributed by atoms with E-state index in [4.69, 9.17) is 0 Å². The summed E-state index contributed by atoms with van der Waals surface area (Å²) >= 11 is 0. The highest BCUT2D eigenvalue weighted by Crippen LogP contribution is 2.14. The monoisotopic (exact) mass is 121 g/mol. The molecule has 0 saturated heterocycles. The van der Waals surface area contributed by atoms with Gasteiger partial charge in [-0.15, -0.1) is 0 Å². The maximum atomic E-state index is 2.47. The Kier molecular flexibility index (Phi) is 1.16. The minimum absolute atomic E-state index is 1.16. The van der Waals surface area contributed by atoms with Gasteiger partial charge in [-0.1, -0.05) is 18.2 Å². The van der Waals surface area contributed by atoms with E-state index in [0.717, 1.165) is 6.54 Å². The number of hydrogen-bond donors (Lipinski definition) is 0. The van der Waals surface area contributed by atoms with Crippen molar-refractivity contribution in [2.45, 2.75) is 6.42 Å². The Morgan fingerprint density at radius 3 is 3.22 bits per heavy atom. The van der Waals surface area contributed by atoms with Crippen molar-refractivity contribution >= 4 is 0 Å². The predicted octanol–water partition coefficient (Wildman–Crippen LogP) is 1.19. The molecule has 2 aliphatic heterocycles. The summed E-state index contributed by atoms with van der Waals surface area (Å²) in [7, 11) is 0. The molecule has 0 aromatic carbocycles. The van der Waals surface area contributed by atoms with Gasteiger partial charge in [0.1, 0.15) is 0 Å². The van der Waals surface area contributed by atoms with Crippen LogP contribution in [0.1, 0.15) is 6.42 Å². The van der Waals surface area contributed by atoms with Crippen molar-refractivity contribution in [3.63, 3.8) is 0 Å². The SMILES string of the molecule is C1=CC2=CCCN(C1)C2. The Bertz CT molecular complexity index is 167. The van der Waals surface area contributed by atoms with Crippen LogP contribution in [-0.2, 0) is 0 Å². The molecule has 0 saturated carbocycles. The molecule has 0 aromatic heterocycles. The van der Waals surface area contributed by atoms with Crippen molar-refractivity contribution in [3.8, 4) is 0 Å². The molecule has 2 bridgehead atoms. The minimum atomic E-state index is 1.16. The van der Waals surface area contributed by atoms with Gasteiger partial charge in [-0.2, -0.15) is 0 Å². The molecule has 2 aliphatic rings. The van der Waals surface area contributed by atoms with Gasteiger partial charge >= 0.3 is 0 Å². The molecule has 1 heteroatoms. The van der Waals surface area contributed by atoms with Crippen molar-refractivity contribution in [1.82, 2.24) is 4.90 Å². The van der Waals surface area contributed by atoms with Crippen molar-refractivity contribution in [3.05, 3.63) is 23.8 Å². The van der Waals surface area contributed by atoms with E-state index in [0.29, 0.717) is 0 Å². The van der Waals surface area contributed by atoms with Crippen LogP contribution in [0.3, 0.4) is 0 Å². The quantitative estimate of drug-likeness (QED) is 0.465. The summed E-state index contributed by atoms with van der Waals surface area (Å²) in [4.78, 5) is 2.47. The fraction of sp³-hybridized carbons (Fsp3) is 0.500. The van der Waals surface area contributed by atoms with Crippen LogP contribution in [0.4, 0.5) is 0 Å². The van der Waals surface area contributed by atoms with Gasteiger partial charge in [0.25, 0.3) is 0 Å². The third kappa shape index (κ3) is 0.924. The summed E-state index contributed by atoms with van der Waals surface area (Å²) in [6, 6.07) is 0. The topological polar surface area (TPSA) is 3.24 Å². The first-order valence-corrected chi connectivity index (χ1v) is 3.53. The van der Waals surface area contributed by atoms with Gasteiger partial charge in [-0.05, 0) is 12.0 Å². The fourth-order valence-electron chi connectivity index (χ4n) is 1.46. The summed E-state index contributed by atoms with van der Waals surface area (Å²) < 4.78 is 0. The summed E-state index contributed by atoms with van der Waals surface area (Å²) in [6.45, 7) is 3.61. The Hall–Kier alpha value is -0.560. The van der Waals surface area contributed by atoms with E-state index in [-0.39, 0.29) is 0 Å². The van der Waals surface area contributed by atoms with Gasteiger partial charge in [0.15, 0.2) is 0 Å². The maximum Gasteiger partial charge on any atom is 0.0233 e. The van der Waals surface area contributed by atoms with E-state index >= 15 is 0 Å². The van der Waals surface area contributed by atoms with Crippen molar-refractivity contribution in [2.24, 2.45) is 0 Å². The van der Waals surface area contributed by atoms with Gasteiger partial charge in [0, 0.05) is 19.6 Å². The highest BCUT2D eigenvalue weighted by molar-refractivity contribution is 5.25. The molecule has 1 nitrogen and oxygen atoms in total. The first-order chi connectivity index (χ1) is 4.45. The molecule has 0 fully saturated rings. The van der Waals surface area contributed by atoms with Gasteiger partial charge in [0.2, 0.25) is 0 Å². The van der Waals surface area contributed by atoms with Crippen LogP contribution in [0.2, 0.25) is 0 Å². The fourth-order valence-corrected chi connectivity index (χ4v) is 1.46. The molecule has 0 aliphatic carbocycles. The predicted molar refractivity (Wildman–Crippen MR) is 38.3 cm³/mol. The zero-order valence-electron chi connectivity index (χ0n) is 5.51. The van der Waals surface area contributed by atoms with Gasteiger partial charge in [-0.25, -0.2) is 0 Å². The zero-order valence-corrected chi connectivity index (χ0v) is 5.51. The first-order valence-electron chi connectivity index (χ1n) is 3.53. The number of fused-ring (bicyclic) bond motifs is 2. The molecule has 0 spiro atoms. The summed E-state index contributed by atoms with van der Waals surface area (Å²) in [5.41, 5.74) is 1.51. The number of rotatable bonds is 0. The average Bonchev–Trinajstić information content (AvgIpc) is 1.88. The standard InChI is InChI=1S/C8H11N/c1-3-8-4-2-6-9(5-1)7-8/h1,3-4H,2,5-7H2. The second kappa shape index (κ2) is 1.99. The summed E-state index contributed by atoms with van der Waals surface area (Å²) in [5.74, 6) is 0. The lowest BCUT2D eigenvalue weighted by Gasteiger charge is -2.27. The van der Waals surface area contributed by atoms with Crippen LogP contribution in [0.25, 0.3) is 0 Å². The molecule has 2 rings (SSSR count). The van der Waals surface area contributed by atoms with E-state index < -0.39 is 0 Å². The lowest BCUT2D eigenvalue weighted by Crippen LogP contribution is -2.31. The smallest absolute Gasteiger partial charge is 0.0233 e. The largest absolute Gasteiger partial charge is 0.295 e. The van der Waals surface area contributed by atoms with Crippen LogP contribution in [0.5, 0.6) is 0 Å². The van der Waals surface area contributed by atoms with Crippen molar-refractivity contribution < 1.29 is 0 Å². The van der Waals surface area contributed by atoms with Crippen LogP contribution < -0.4 is 0 Å². The van der Waals surface area contributed by atoms with Gasteiger partial charge in [0.05, 0.1) is 0 Å². The second-order valence-corrected chi connectivity index (χ2v) is 2.71. The van der Waals surface area contributed by atoms with Crippen molar-refractivity contribution in [2.75, 3.05) is 19.6 Å². The normalized spacial score (nSPS) is 32.0. The molecule has 0 radical (unpaired) electrons. The summed E-state index contributed by atoms with van der Waals surface area (Å²) in [6.07, 6.45) is 8.08. The average molecular weight is 121 g/mol. The van der Waals surface area contributed by atoms with Crippen LogP contribution >= 0.6 is 0 Å². The van der Waals surface area contributed by atoms with E-state index in [1.54, 1.807) is 0 Å². The Morgan fingerprint density at radius 1 is 1.44 bits per heavy atom. The Balaban J connectivity index is 2.26. The van der Waals surface area contributed by atoms with Gasteiger partial charge < -0.3 is 0 Å². The van der Waals surface area contributed by atoms with E-state index in [1.165, 1.54) is 25.1 Å². The first kappa shape index (κ1) is 5.24. The van der Waals surface area contributed by atoms with Crippen LogP contribution in [0.15, 0.2) is 23.8 Å². The van der Waals surface area contributed by atoms with E-state index in [9.17, 15) is 0 Å². The minimum Gasteiger partial charge on any atom is -0.295 e. The van der Waals surface area contributed by atoms with Crippen LogP contribution in [0, 0.1) is 0 Å². The summed E-state index contributed by atoms with van der Waals surface area (Å²) in [5, 5.41) is 0. The lowest BCUT2D eigenvalue weighted by molar-refractivity contribution is 0.317. The van der Waals surface area contributed by atoms with Crippen LogP contribution in [-0.4, -0.2) is 24.5 Å². The highest BCUT2D eigenvalue weighted by Gasteiger charge is 2.11.